The van der Waals surface area contributed by atoms with E-state index in [1.165, 1.54) is 24.1 Å². The van der Waals surface area contributed by atoms with Gasteiger partial charge in [0.15, 0.2) is 5.13 Å². The van der Waals surface area contributed by atoms with Crippen molar-refractivity contribution in [3.63, 3.8) is 0 Å². The van der Waals surface area contributed by atoms with Crippen LogP contribution in [0.2, 0.25) is 0 Å². The second-order valence-corrected chi connectivity index (χ2v) is 6.38. The first-order valence-corrected chi connectivity index (χ1v) is 8.53. The Morgan fingerprint density at radius 1 is 1.41 bits per heavy atom. The molecule has 1 saturated carbocycles. The van der Waals surface area contributed by atoms with Gasteiger partial charge < -0.3 is 15.8 Å². The number of ether oxygens (including phenoxy) is 1. The van der Waals surface area contributed by atoms with E-state index in [2.05, 4.69) is 20.3 Å². The van der Waals surface area contributed by atoms with E-state index in [0.29, 0.717) is 30.8 Å². The van der Waals surface area contributed by atoms with Crippen molar-refractivity contribution in [3.8, 4) is 5.88 Å². The van der Waals surface area contributed by atoms with Crippen LogP contribution < -0.4 is 15.8 Å². The number of nitrogens with two attached hydrogens (primary N) is 1. The van der Waals surface area contributed by atoms with Gasteiger partial charge in [0.2, 0.25) is 5.88 Å². The quantitative estimate of drug-likeness (QED) is 0.816. The molecule has 2 aromatic heterocycles. The molecule has 7 heteroatoms. The number of aromatic nitrogens is 3. The van der Waals surface area contributed by atoms with Gasteiger partial charge in [-0.15, -0.1) is 11.3 Å². The summed E-state index contributed by atoms with van der Waals surface area (Å²) in [6.07, 6.45) is 6.63. The first kappa shape index (κ1) is 15.2. The summed E-state index contributed by atoms with van der Waals surface area (Å²) in [7, 11) is 0. The molecule has 22 heavy (non-hydrogen) atoms. The molecule has 2 heterocycles. The Balaban J connectivity index is 1.73. The molecular formula is C15H21N5OS. The maximum absolute atomic E-state index is 5.51. The minimum atomic E-state index is 0.447. The third-order valence-corrected chi connectivity index (χ3v) is 4.77. The van der Waals surface area contributed by atoms with Crippen molar-refractivity contribution in [2.45, 2.75) is 38.5 Å². The number of thiazole rings is 1. The van der Waals surface area contributed by atoms with Crippen LogP contribution in [0.15, 0.2) is 12.3 Å². The predicted molar refractivity (Wildman–Crippen MR) is 87.9 cm³/mol. The fourth-order valence-corrected chi connectivity index (χ4v) is 3.26. The molecule has 1 aliphatic rings. The van der Waals surface area contributed by atoms with Crippen LogP contribution in [0.3, 0.4) is 0 Å². The Bertz CT molecular complexity index is 626. The van der Waals surface area contributed by atoms with Crippen molar-refractivity contribution < 1.29 is 4.74 Å². The van der Waals surface area contributed by atoms with Crippen LogP contribution in [0.5, 0.6) is 5.88 Å². The van der Waals surface area contributed by atoms with Crippen molar-refractivity contribution >= 4 is 22.3 Å². The highest BCUT2D eigenvalue weighted by Gasteiger charge is 2.21. The Morgan fingerprint density at radius 3 is 2.95 bits per heavy atom. The molecule has 0 saturated heterocycles. The molecule has 0 atom stereocenters. The van der Waals surface area contributed by atoms with Crippen molar-refractivity contribution in [2.24, 2.45) is 5.73 Å². The van der Waals surface area contributed by atoms with Crippen LogP contribution in [0.25, 0.3) is 0 Å². The molecule has 0 aliphatic heterocycles. The number of nitrogens with zero attached hydrogens (tertiary/aromatic N) is 3. The summed E-state index contributed by atoms with van der Waals surface area (Å²) >= 11 is 1.71. The monoisotopic (exact) mass is 319 g/mol. The van der Waals surface area contributed by atoms with Gasteiger partial charge in [0.25, 0.3) is 0 Å². The Kier molecular flexibility index (Phi) is 4.84. The van der Waals surface area contributed by atoms with Crippen LogP contribution in [0, 0.1) is 0 Å². The molecule has 0 spiro atoms. The van der Waals surface area contributed by atoms with Crippen molar-refractivity contribution in [1.29, 1.82) is 0 Å². The summed E-state index contributed by atoms with van der Waals surface area (Å²) in [4.78, 5) is 14.6. The van der Waals surface area contributed by atoms with E-state index in [9.17, 15) is 0 Å². The number of hydrogen-bond acceptors (Lipinski definition) is 7. The highest BCUT2D eigenvalue weighted by Crippen LogP contribution is 2.40. The lowest BCUT2D eigenvalue weighted by molar-refractivity contribution is 0.314. The Morgan fingerprint density at radius 2 is 2.27 bits per heavy atom. The average Bonchev–Trinajstić information content (AvgIpc) is 2.91. The second-order valence-electron chi connectivity index (χ2n) is 5.32. The standard InChI is InChI=1S/C15H21N5OS/c1-2-12-18-13(8-14(19-12)21-7-6-16)20-15-17-9-11(22-15)10-4-3-5-10/h8-10H,2-7,16H2,1H3,(H,17,18,19,20). The minimum absolute atomic E-state index is 0.447. The third kappa shape index (κ3) is 3.53. The Hall–Kier alpha value is -1.73. The molecule has 0 amide bonds. The van der Waals surface area contributed by atoms with E-state index in [1.54, 1.807) is 17.4 Å². The minimum Gasteiger partial charge on any atom is -0.476 e. The summed E-state index contributed by atoms with van der Waals surface area (Å²) in [5, 5.41) is 4.13. The van der Waals surface area contributed by atoms with E-state index in [-0.39, 0.29) is 0 Å². The van der Waals surface area contributed by atoms with Crippen molar-refractivity contribution in [2.75, 3.05) is 18.5 Å². The van der Waals surface area contributed by atoms with Gasteiger partial charge in [0.1, 0.15) is 18.2 Å². The van der Waals surface area contributed by atoms with E-state index in [1.807, 2.05) is 13.1 Å². The van der Waals surface area contributed by atoms with Gasteiger partial charge >= 0.3 is 0 Å². The molecule has 1 fully saturated rings. The van der Waals surface area contributed by atoms with E-state index >= 15 is 0 Å². The smallest absolute Gasteiger partial charge is 0.218 e. The Labute approximate surface area is 134 Å². The summed E-state index contributed by atoms with van der Waals surface area (Å²) < 4.78 is 5.51. The first-order chi connectivity index (χ1) is 10.8. The number of nitrogens with one attached hydrogen (secondary N) is 1. The average molecular weight is 319 g/mol. The first-order valence-electron chi connectivity index (χ1n) is 7.72. The van der Waals surface area contributed by atoms with Gasteiger partial charge in [0.05, 0.1) is 0 Å². The van der Waals surface area contributed by atoms with E-state index < -0.39 is 0 Å². The van der Waals surface area contributed by atoms with Gasteiger partial charge in [-0.2, -0.15) is 4.98 Å². The summed E-state index contributed by atoms with van der Waals surface area (Å²) in [5.74, 6) is 2.71. The number of aryl methyl sites for hydroxylation is 1. The van der Waals surface area contributed by atoms with Gasteiger partial charge in [-0.05, 0) is 18.8 Å². The molecule has 0 radical (unpaired) electrons. The molecule has 6 nitrogen and oxygen atoms in total. The maximum atomic E-state index is 5.51. The van der Waals surface area contributed by atoms with Gasteiger partial charge in [0, 0.05) is 30.1 Å². The van der Waals surface area contributed by atoms with Crippen LogP contribution >= 0.6 is 11.3 Å². The van der Waals surface area contributed by atoms with Crippen LogP contribution in [0.4, 0.5) is 10.9 Å². The normalized spacial score (nSPS) is 14.6. The molecule has 118 valence electrons. The second kappa shape index (κ2) is 7.02. The van der Waals surface area contributed by atoms with Gasteiger partial charge in [-0.25, -0.2) is 9.97 Å². The van der Waals surface area contributed by atoms with Crippen LogP contribution in [0.1, 0.15) is 42.8 Å². The molecule has 2 aromatic rings. The summed E-state index contributed by atoms with van der Waals surface area (Å²) in [6.45, 7) is 2.93. The topological polar surface area (TPSA) is 86.0 Å². The molecule has 3 rings (SSSR count). The predicted octanol–water partition coefficient (Wildman–Crippen LogP) is 2.84. The molecular weight excluding hydrogens is 298 g/mol. The van der Waals surface area contributed by atoms with Gasteiger partial charge in [-0.3, -0.25) is 0 Å². The number of rotatable bonds is 7. The number of anilines is 2. The third-order valence-electron chi connectivity index (χ3n) is 3.70. The van der Waals surface area contributed by atoms with Gasteiger partial charge in [-0.1, -0.05) is 13.3 Å². The zero-order chi connectivity index (χ0) is 15.4. The van der Waals surface area contributed by atoms with Crippen LogP contribution in [-0.2, 0) is 6.42 Å². The van der Waals surface area contributed by atoms with E-state index in [0.717, 1.165) is 17.4 Å². The molecule has 0 aromatic carbocycles. The largest absolute Gasteiger partial charge is 0.476 e. The maximum Gasteiger partial charge on any atom is 0.218 e. The lowest BCUT2D eigenvalue weighted by atomic mass is 9.85. The fraction of sp³-hybridized carbons (Fsp3) is 0.533. The highest BCUT2D eigenvalue weighted by molar-refractivity contribution is 7.15. The lowest BCUT2D eigenvalue weighted by Crippen LogP contribution is -2.12. The van der Waals surface area contributed by atoms with Crippen molar-refractivity contribution in [1.82, 2.24) is 15.0 Å². The molecule has 0 bridgehead atoms. The van der Waals surface area contributed by atoms with Crippen LogP contribution in [-0.4, -0.2) is 28.1 Å². The lowest BCUT2D eigenvalue weighted by Gasteiger charge is -2.23. The molecule has 3 N–H and O–H groups in total. The summed E-state index contributed by atoms with van der Waals surface area (Å²) in [6, 6.07) is 1.79. The zero-order valence-corrected chi connectivity index (χ0v) is 13.5. The molecule has 0 unspecified atom stereocenters. The highest BCUT2D eigenvalue weighted by atomic mass is 32.1. The fourth-order valence-electron chi connectivity index (χ4n) is 2.27. The SMILES string of the molecule is CCc1nc(Nc2ncc(C3CCC3)s2)cc(OCCN)n1. The van der Waals surface area contributed by atoms with Crippen molar-refractivity contribution in [3.05, 3.63) is 23.0 Å². The number of hydrogen-bond donors (Lipinski definition) is 2. The molecule has 1 aliphatic carbocycles. The summed E-state index contributed by atoms with van der Waals surface area (Å²) in [5.41, 5.74) is 5.47. The van der Waals surface area contributed by atoms with E-state index in [4.69, 9.17) is 10.5 Å². The zero-order valence-electron chi connectivity index (χ0n) is 12.7.